The third-order valence-corrected chi connectivity index (χ3v) is 4.20. The SMILES string of the molecule is Cc1ccc(C(=O)[C@H](C)OC(=O)c2cc(O)c3ccccc3c2O)cc1. The van der Waals surface area contributed by atoms with Crippen LogP contribution in [-0.4, -0.2) is 28.1 Å². The fourth-order valence-corrected chi connectivity index (χ4v) is 2.73. The zero-order chi connectivity index (χ0) is 18.8. The highest BCUT2D eigenvalue weighted by Crippen LogP contribution is 2.35. The summed E-state index contributed by atoms with van der Waals surface area (Å²) < 4.78 is 5.21. The number of ketones is 1. The van der Waals surface area contributed by atoms with E-state index in [1.807, 2.05) is 6.92 Å². The van der Waals surface area contributed by atoms with Crippen LogP contribution in [0.25, 0.3) is 10.8 Å². The van der Waals surface area contributed by atoms with Crippen molar-refractivity contribution >= 4 is 22.5 Å². The molecule has 0 spiro atoms. The number of fused-ring (bicyclic) bond motifs is 1. The number of ether oxygens (including phenoxy) is 1. The maximum atomic E-state index is 12.4. The van der Waals surface area contributed by atoms with E-state index < -0.39 is 12.1 Å². The Hall–Kier alpha value is -3.34. The van der Waals surface area contributed by atoms with E-state index in [-0.39, 0.29) is 22.8 Å². The van der Waals surface area contributed by atoms with Crippen molar-refractivity contribution in [3.05, 3.63) is 71.3 Å². The van der Waals surface area contributed by atoms with E-state index in [9.17, 15) is 19.8 Å². The average molecular weight is 350 g/mol. The molecule has 0 heterocycles. The zero-order valence-electron chi connectivity index (χ0n) is 14.4. The summed E-state index contributed by atoms with van der Waals surface area (Å²) in [6, 6.07) is 14.7. The van der Waals surface area contributed by atoms with Crippen molar-refractivity contribution in [1.29, 1.82) is 0 Å². The van der Waals surface area contributed by atoms with Gasteiger partial charge in [0.05, 0.1) is 0 Å². The Morgan fingerprint density at radius 2 is 1.58 bits per heavy atom. The van der Waals surface area contributed by atoms with Gasteiger partial charge in [-0.15, -0.1) is 0 Å². The highest BCUT2D eigenvalue weighted by atomic mass is 16.5. The van der Waals surface area contributed by atoms with Gasteiger partial charge in [0, 0.05) is 16.3 Å². The van der Waals surface area contributed by atoms with E-state index in [1.54, 1.807) is 48.5 Å². The molecule has 26 heavy (non-hydrogen) atoms. The van der Waals surface area contributed by atoms with Crippen LogP contribution in [0.15, 0.2) is 54.6 Å². The molecule has 5 nitrogen and oxygen atoms in total. The highest BCUT2D eigenvalue weighted by molar-refractivity contribution is 6.05. The molecular formula is C21H18O5. The summed E-state index contributed by atoms with van der Waals surface area (Å²) in [5, 5.41) is 21.2. The van der Waals surface area contributed by atoms with Gasteiger partial charge in [-0.05, 0) is 19.9 Å². The number of carbonyl (C=O) groups excluding carboxylic acids is 2. The van der Waals surface area contributed by atoms with E-state index in [0.29, 0.717) is 16.3 Å². The molecule has 3 aromatic carbocycles. The van der Waals surface area contributed by atoms with Crippen LogP contribution in [0.1, 0.15) is 33.2 Å². The number of esters is 1. The molecule has 0 amide bonds. The number of Topliss-reactive ketones (excluding diaryl/α,β-unsaturated/α-hetero) is 1. The minimum Gasteiger partial charge on any atom is -0.507 e. The first kappa shape index (κ1) is 17.5. The van der Waals surface area contributed by atoms with Crippen LogP contribution < -0.4 is 0 Å². The van der Waals surface area contributed by atoms with Gasteiger partial charge in [0.1, 0.15) is 17.1 Å². The molecule has 0 fully saturated rings. The Morgan fingerprint density at radius 3 is 2.23 bits per heavy atom. The van der Waals surface area contributed by atoms with Crippen LogP contribution in [0.2, 0.25) is 0 Å². The average Bonchev–Trinajstić information content (AvgIpc) is 2.64. The maximum absolute atomic E-state index is 12.4. The van der Waals surface area contributed by atoms with Gasteiger partial charge in [-0.3, -0.25) is 4.79 Å². The van der Waals surface area contributed by atoms with Crippen molar-refractivity contribution in [1.82, 2.24) is 0 Å². The zero-order valence-corrected chi connectivity index (χ0v) is 14.4. The second-order valence-corrected chi connectivity index (χ2v) is 6.12. The fraction of sp³-hybridized carbons (Fsp3) is 0.143. The molecule has 0 radical (unpaired) electrons. The molecule has 3 rings (SSSR count). The number of hydrogen-bond donors (Lipinski definition) is 2. The van der Waals surface area contributed by atoms with E-state index in [2.05, 4.69) is 0 Å². The number of rotatable bonds is 4. The van der Waals surface area contributed by atoms with Crippen molar-refractivity contribution < 1.29 is 24.5 Å². The van der Waals surface area contributed by atoms with Gasteiger partial charge in [-0.1, -0.05) is 54.1 Å². The number of phenolic OH excluding ortho intramolecular Hbond substituents is 2. The lowest BCUT2D eigenvalue weighted by atomic mass is 10.0. The summed E-state index contributed by atoms with van der Waals surface area (Å²) in [4.78, 5) is 24.8. The van der Waals surface area contributed by atoms with Crippen molar-refractivity contribution in [2.45, 2.75) is 20.0 Å². The van der Waals surface area contributed by atoms with Gasteiger partial charge in [0.15, 0.2) is 6.10 Å². The summed E-state index contributed by atoms with van der Waals surface area (Å²) in [7, 11) is 0. The van der Waals surface area contributed by atoms with Crippen LogP contribution in [0.3, 0.4) is 0 Å². The Kier molecular flexibility index (Phi) is 4.63. The summed E-state index contributed by atoms with van der Waals surface area (Å²) in [6.45, 7) is 3.38. The molecule has 0 aliphatic carbocycles. The van der Waals surface area contributed by atoms with Gasteiger partial charge >= 0.3 is 5.97 Å². The molecule has 0 unspecified atom stereocenters. The molecule has 0 aliphatic rings. The standard InChI is InChI=1S/C21H18O5/c1-12-7-9-14(10-8-12)19(23)13(2)26-21(25)17-11-18(22)15-5-3-4-6-16(15)20(17)24/h3-11,13,22,24H,1-2H3/t13-/m0/s1. The van der Waals surface area contributed by atoms with E-state index in [4.69, 9.17) is 4.74 Å². The fourth-order valence-electron chi connectivity index (χ4n) is 2.73. The molecule has 2 N–H and O–H groups in total. The Balaban J connectivity index is 1.86. The van der Waals surface area contributed by atoms with E-state index in [1.165, 1.54) is 6.92 Å². The molecule has 0 aromatic heterocycles. The van der Waals surface area contributed by atoms with E-state index in [0.717, 1.165) is 11.6 Å². The molecular weight excluding hydrogens is 332 g/mol. The molecule has 0 aliphatic heterocycles. The minimum atomic E-state index is -1.03. The summed E-state index contributed by atoms with van der Waals surface area (Å²) in [6.07, 6.45) is -1.03. The monoisotopic (exact) mass is 350 g/mol. The number of hydrogen-bond acceptors (Lipinski definition) is 5. The smallest absolute Gasteiger partial charge is 0.342 e. The number of benzene rings is 3. The molecule has 5 heteroatoms. The number of aromatic hydroxyl groups is 2. The largest absolute Gasteiger partial charge is 0.507 e. The molecule has 3 aromatic rings. The first-order chi connectivity index (χ1) is 12.4. The summed E-state index contributed by atoms with van der Waals surface area (Å²) in [5.74, 6) is -1.67. The van der Waals surface area contributed by atoms with Crippen LogP contribution >= 0.6 is 0 Å². The van der Waals surface area contributed by atoms with Gasteiger partial charge in [0.25, 0.3) is 0 Å². The highest BCUT2D eigenvalue weighted by Gasteiger charge is 2.24. The van der Waals surface area contributed by atoms with Crippen molar-refractivity contribution in [3.63, 3.8) is 0 Å². The van der Waals surface area contributed by atoms with Crippen LogP contribution in [0, 0.1) is 6.92 Å². The van der Waals surface area contributed by atoms with Crippen LogP contribution in [0.5, 0.6) is 11.5 Å². The lowest BCUT2D eigenvalue weighted by Gasteiger charge is -2.14. The quantitative estimate of drug-likeness (QED) is 0.422. The lowest BCUT2D eigenvalue weighted by Crippen LogP contribution is -2.24. The minimum absolute atomic E-state index is 0.150. The Morgan fingerprint density at radius 1 is 0.962 bits per heavy atom. The molecule has 1 atom stereocenters. The normalized spacial score (nSPS) is 11.9. The van der Waals surface area contributed by atoms with Gasteiger partial charge < -0.3 is 14.9 Å². The molecule has 0 saturated carbocycles. The Bertz CT molecular complexity index is 989. The second-order valence-electron chi connectivity index (χ2n) is 6.12. The molecule has 0 bridgehead atoms. The maximum Gasteiger partial charge on any atom is 0.342 e. The van der Waals surface area contributed by atoms with Crippen LogP contribution in [-0.2, 0) is 4.74 Å². The van der Waals surface area contributed by atoms with Crippen molar-refractivity contribution in [2.75, 3.05) is 0 Å². The Labute approximate surface area is 150 Å². The molecule has 0 saturated heterocycles. The van der Waals surface area contributed by atoms with Gasteiger partial charge in [-0.2, -0.15) is 0 Å². The number of aryl methyl sites for hydroxylation is 1. The third kappa shape index (κ3) is 3.24. The van der Waals surface area contributed by atoms with Gasteiger partial charge in [0.2, 0.25) is 5.78 Å². The second kappa shape index (κ2) is 6.88. The topological polar surface area (TPSA) is 83.8 Å². The van der Waals surface area contributed by atoms with E-state index >= 15 is 0 Å². The number of phenols is 2. The summed E-state index contributed by atoms with van der Waals surface area (Å²) in [5.41, 5.74) is 1.26. The predicted molar refractivity (Wildman–Crippen MR) is 97.7 cm³/mol. The predicted octanol–water partition coefficient (Wildman–Crippen LogP) is 3.99. The third-order valence-electron chi connectivity index (χ3n) is 4.20. The van der Waals surface area contributed by atoms with Crippen molar-refractivity contribution in [2.24, 2.45) is 0 Å². The van der Waals surface area contributed by atoms with Crippen LogP contribution in [0.4, 0.5) is 0 Å². The summed E-state index contributed by atoms with van der Waals surface area (Å²) >= 11 is 0. The molecule has 132 valence electrons. The van der Waals surface area contributed by atoms with Crippen molar-refractivity contribution in [3.8, 4) is 11.5 Å². The lowest BCUT2D eigenvalue weighted by molar-refractivity contribution is 0.0316. The number of carbonyl (C=O) groups is 2. The van der Waals surface area contributed by atoms with Gasteiger partial charge in [-0.25, -0.2) is 4.79 Å². The first-order valence-electron chi connectivity index (χ1n) is 8.14. The first-order valence-corrected chi connectivity index (χ1v) is 8.14.